The summed E-state index contributed by atoms with van der Waals surface area (Å²) < 4.78 is 37.7. The lowest BCUT2D eigenvalue weighted by Crippen LogP contribution is -2.41. The molecule has 0 aromatic heterocycles. The second-order valence-corrected chi connectivity index (χ2v) is 5.84. The summed E-state index contributed by atoms with van der Waals surface area (Å²) in [7, 11) is 0. The highest BCUT2D eigenvalue weighted by Gasteiger charge is 2.30. The molecule has 0 saturated heterocycles. The molecule has 1 aliphatic carbocycles. The zero-order valence-corrected chi connectivity index (χ0v) is 12.2. The predicted octanol–water partition coefficient (Wildman–Crippen LogP) is 3.83. The molecule has 21 heavy (non-hydrogen) atoms. The van der Waals surface area contributed by atoms with Crippen molar-refractivity contribution in [2.45, 2.75) is 57.4 Å². The minimum absolute atomic E-state index is 0.0235. The van der Waals surface area contributed by atoms with E-state index >= 15 is 0 Å². The summed E-state index contributed by atoms with van der Waals surface area (Å²) in [4.78, 5) is 2.22. The Morgan fingerprint density at radius 1 is 1.19 bits per heavy atom. The molecule has 1 N–H and O–H groups in total. The molecule has 1 aliphatic rings. The number of aliphatic hydroxyl groups excluding tert-OH is 1. The molecular formula is C16H22F3NO. The van der Waals surface area contributed by atoms with Gasteiger partial charge in [-0.3, -0.25) is 4.90 Å². The maximum Gasteiger partial charge on any atom is 0.416 e. The van der Waals surface area contributed by atoms with Gasteiger partial charge in [-0.25, -0.2) is 0 Å². The first-order valence-corrected chi connectivity index (χ1v) is 7.44. The van der Waals surface area contributed by atoms with E-state index in [0.717, 1.165) is 30.5 Å². The van der Waals surface area contributed by atoms with E-state index in [4.69, 9.17) is 0 Å². The highest BCUT2D eigenvalue weighted by molar-refractivity contribution is 5.24. The molecule has 1 saturated carbocycles. The van der Waals surface area contributed by atoms with Gasteiger partial charge in [0.05, 0.1) is 12.2 Å². The van der Waals surface area contributed by atoms with E-state index in [2.05, 4.69) is 4.90 Å². The third-order valence-corrected chi connectivity index (χ3v) is 4.27. The second-order valence-electron chi connectivity index (χ2n) is 5.84. The third-order valence-electron chi connectivity index (χ3n) is 4.27. The fraction of sp³-hybridized carbons (Fsp3) is 0.625. The fourth-order valence-electron chi connectivity index (χ4n) is 3.00. The molecule has 2 rings (SSSR count). The van der Waals surface area contributed by atoms with Crippen LogP contribution in [0.3, 0.4) is 0 Å². The number of benzene rings is 1. The molecular weight excluding hydrogens is 279 g/mol. The molecule has 0 bridgehead atoms. The van der Waals surface area contributed by atoms with Crippen molar-refractivity contribution in [3.8, 4) is 0 Å². The largest absolute Gasteiger partial charge is 0.416 e. The first-order chi connectivity index (χ1) is 9.91. The standard InChI is InChI=1S/C16H22F3NO/c1-12(11-21)20(15-4-2-3-5-15)10-13-6-8-14(9-7-13)16(17,18)19/h6-9,12,15,21H,2-5,10-11H2,1H3/t12-/m0/s1. The van der Waals surface area contributed by atoms with E-state index in [0.29, 0.717) is 12.6 Å². The number of aliphatic hydroxyl groups is 1. The van der Waals surface area contributed by atoms with Crippen LogP contribution in [0.25, 0.3) is 0 Å². The number of halogens is 3. The molecule has 0 unspecified atom stereocenters. The average molecular weight is 301 g/mol. The van der Waals surface area contributed by atoms with Crippen molar-refractivity contribution in [3.63, 3.8) is 0 Å². The normalized spacial score (nSPS) is 18.4. The number of hydrogen-bond donors (Lipinski definition) is 1. The topological polar surface area (TPSA) is 23.5 Å². The van der Waals surface area contributed by atoms with Crippen molar-refractivity contribution < 1.29 is 18.3 Å². The minimum Gasteiger partial charge on any atom is -0.395 e. The van der Waals surface area contributed by atoms with Gasteiger partial charge < -0.3 is 5.11 Å². The smallest absolute Gasteiger partial charge is 0.395 e. The second kappa shape index (κ2) is 6.79. The molecule has 0 amide bonds. The maximum absolute atomic E-state index is 12.6. The van der Waals surface area contributed by atoms with Crippen LogP contribution >= 0.6 is 0 Å². The molecule has 0 radical (unpaired) electrons. The SMILES string of the molecule is C[C@@H](CO)N(Cc1ccc(C(F)(F)F)cc1)C1CCCC1. The van der Waals surface area contributed by atoms with Crippen molar-refractivity contribution in [3.05, 3.63) is 35.4 Å². The minimum atomic E-state index is -4.29. The lowest BCUT2D eigenvalue weighted by molar-refractivity contribution is -0.137. The molecule has 0 aliphatic heterocycles. The number of nitrogens with zero attached hydrogens (tertiary/aromatic N) is 1. The summed E-state index contributed by atoms with van der Waals surface area (Å²) in [5.74, 6) is 0. The Labute approximate surface area is 123 Å². The summed E-state index contributed by atoms with van der Waals surface area (Å²) >= 11 is 0. The van der Waals surface area contributed by atoms with Crippen LogP contribution in [0.4, 0.5) is 13.2 Å². The summed E-state index contributed by atoms with van der Waals surface area (Å²) in [6, 6.07) is 5.78. The third kappa shape index (κ3) is 4.20. The zero-order valence-electron chi connectivity index (χ0n) is 12.2. The first-order valence-electron chi connectivity index (χ1n) is 7.44. The highest BCUT2D eigenvalue weighted by atomic mass is 19.4. The van der Waals surface area contributed by atoms with Crippen LogP contribution in [0.1, 0.15) is 43.7 Å². The van der Waals surface area contributed by atoms with Crippen molar-refractivity contribution in [1.29, 1.82) is 0 Å². The molecule has 0 spiro atoms. The van der Waals surface area contributed by atoms with Gasteiger partial charge in [0.1, 0.15) is 0 Å². The maximum atomic E-state index is 12.6. The van der Waals surface area contributed by atoms with Crippen molar-refractivity contribution >= 4 is 0 Å². The van der Waals surface area contributed by atoms with E-state index in [1.807, 2.05) is 6.92 Å². The Kier molecular flexibility index (Phi) is 5.27. The van der Waals surface area contributed by atoms with Gasteiger partial charge in [0, 0.05) is 18.6 Å². The summed E-state index contributed by atoms with van der Waals surface area (Å²) in [6.07, 6.45) is 0.288. The zero-order chi connectivity index (χ0) is 15.5. The molecule has 1 aromatic rings. The Hall–Kier alpha value is -1.07. The van der Waals surface area contributed by atoms with E-state index in [-0.39, 0.29) is 12.6 Å². The van der Waals surface area contributed by atoms with Crippen LogP contribution in [0.15, 0.2) is 24.3 Å². The fourth-order valence-corrected chi connectivity index (χ4v) is 3.00. The molecule has 118 valence electrons. The Bertz CT molecular complexity index is 438. The average Bonchev–Trinajstić information content (AvgIpc) is 2.97. The van der Waals surface area contributed by atoms with E-state index in [1.54, 1.807) is 0 Å². The summed E-state index contributed by atoms with van der Waals surface area (Å²) in [5.41, 5.74) is 0.240. The van der Waals surface area contributed by atoms with E-state index < -0.39 is 11.7 Å². The lowest BCUT2D eigenvalue weighted by Gasteiger charge is -2.33. The highest BCUT2D eigenvalue weighted by Crippen LogP contribution is 2.30. The summed E-state index contributed by atoms with van der Waals surface area (Å²) in [6.45, 7) is 2.62. The van der Waals surface area contributed by atoms with Gasteiger partial charge >= 0.3 is 6.18 Å². The number of hydrogen-bond acceptors (Lipinski definition) is 2. The van der Waals surface area contributed by atoms with Gasteiger partial charge in [0.2, 0.25) is 0 Å². The number of alkyl halides is 3. The van der Waals surface area contributed by atoms with Crippen LogP contribution in [-0.2, 0) is 12.7 Å². The van der Waals surface area contributed by atoms with Crippen molar-refractivity contribution in [1.82, 2.24) is 4.90 Å². The summed E-state index contributed by atoms with van der Waals surface area (Å²) in [5, 5.41) is 9.40. The Morgan fingerprint density at radius 3 is 2.24 bits per heavy atom. The Morgan fingerprint density at radius 2 is 1.76 bits per heavy atom. The number of rotatable bonds is 5. The predicted molar refractivity (Wildman–Crippen MR) is 75.8 cm³/mol. The molecule has 1 fully saturated rings. The quantitative estimate of drug-likeness (QED) is 0.893. The van der Waals surface area contributed by atoms with Gasteiger partial charge in [-0.2, -0.15) is 13.2 Å². The molecule has 1 atom stereocenters. The van der Waals surface area contributed by atoms with Crippen molar-refractivity contribution in [2.24, 2.45) is 0 Å². The van der Waals surface area contributed by atoms with Gasteiger partial charge in [-0.05, 0) is 37.5 Å². The molecule has 5 heteroatoms. The lowest BCUT2D eigenvalue weighted by atomic mass is 10.1. The Balaban J connectivity index is 2.09. The van der Waals surface area contributed by atoms with Crippen LogP contribution in [0.5, 0.6) is 0 Å². The molecule has 2 nitrogen and oxygen atoms in total. The van der Waals surface area contributed by atoms with E-state index in [9.17, 15) is 18.3 Å². The van der Waals surface area contributed by atoms with Gasteiger partial charge in [0.15, 0.2) is 0 Å². The van der Waals surface area contributed by atoms with Crippen LogP contribution in [-0.4, -0.2) is 28.7 Å². The van der Waals surface area contributed by atoms with Crippen LogP contribution in [0.2, 0.25) is 0 Å². The first kappa shape index (κ1) is 16.3. The van der Waals surface area contributed by atoms with Gasteiger partial charge in [-0.1, -0.05) is 25.0 Å². The van der Waals surface area contributed by atoms with Crippen LogP contribution < -0.4 is 0 Å². The van der Waals surface area contributed by atoms with Gasteiger partial charge in [-0.15, -0.1) is 0 Å². The monoisotopic (exact) mass is 301 g/mol. The van der Waals surface area contributed by atoms with E-state index in [1.165, 1.54) is 25.0 Å². The molecule has 1 aromatic carbocycles. The van der Waals surface area contributed by atoms with Gasteiger partial charge in [0.25, 0.3) is 0 Å². The van der Waals surface area contributed by atoms with Crippen molar-refractivity contribution in [2.75, 3.05) is 6.61 Å². The van der Waals surface area contributed by atoms with Crippen LogP contribution in [0, 0.1) is 0 Å². The molecule has 0 heterocycles.